The van der Waals surface area contributed by atoms with Gasteiger partial charge in [0.2, 0.25) is 0 Å². The second-order valence-electron chi connectivity index (χ2n) is 2.61. The zero-order valence-corrected chi connectivity index (χ0v) is 10.4. The second-order valence-corrected chi connectivity index (χ2v) is 2.61. The number of carbonyl (C=O) groups excluding carboxylic acids is 1. The topological polar surface area (TPSA) is 112 Å². The summed E-state index contributed by atoms with van der Waals surface area (Å²) in [6.07, 6.45) is 4.33. The molecule has 1 N–H and O–H groups in total. The van der Waals surface area contributed by atoms with E-state index in [9.17, 15) is 9.59 Å². The van der Waals surface area contributed by atoms with Gasteiger partial charge in [-0.2, -0.15) is 0 Å². The monoisotopic (exact) mass is 261 g/mol. The zero-order valence-electron chi connectivity index (χ0n) is 10.4. The van der Waals surface area contributed by atoms with Crippen molar-refractivity contribution in [1.82, 2.24) is 0 Å². The number of hydrogen-bond donors (Lipinski definition) is 1. The number of methoxy groups -OCH3 is 1. The lowest BCUT2D eigenvalue weighted by Gasteiger charge is -2.02. The van der Waals surface area contributed by atoms with Gasteiger partial charge in [-0.15, -0.1) is 6.42 Å². The Hall–Kier alpha value is -3.07. The maximum Gasteiger partial charge on any atom is 0.313 e. The first-order valence-electron chi connectivity index (χ1n) is 4.74. The molecule has 0 aromatic heterocycles. The first-order chi connectivity index (χ1) is 9.03. The van der Waals surface area contributed by atoms with Crippen molar-refractivity contribution in [2.45, 2.75) is 19.4 Å². The average molecular weight is 261 g/mol. The fourth-order valence-corrected chi connectivity index (χ4v) is 0.611. The minimum atomic E-state index is -1.39. The quantitative estimate of drug-likeness (QED) is 0.267. The Balaban J connectivity index is 0. The van der Waals surface area contributed by atoms with E-state index in [2.05, 4.69) is 44.4 Å². The largest absolute Gasteiger partial charge is 0.481 e. The molecule has 0 unspecified atom stereocenters. The molecule has 0 radical (unpaired) electrons. The molecule has 1 atom stereocenters. The van der Waals surface area contributed by atoms with E-state index in [1.807, 2.05) is 0 Å². The third-order valence-corrected chi connectivity index (χ3v) is 1.39. The number of nitrogens with zero attached hydrogens (tertiary/aromatic N) is 3. The Morgan fingerprint density at radius 2 is 2.11 bits per heavy atom. The van der Waals surface area contributed by atoms with Crippen LogP contribution in [0.15, 0.2) is 5.11 Å². The Kier molecular flexibility index (Phi) is 12.5. The van der Waals surface area contributed by atoms with Gasteiger partial charge in [0.15, 0.2) is 0 Å². The molecule has 0 aromatic carbocycles. The summed E-state index contributed by atoms with van der Waals surface area (Å²) in [5.41, 5.74) is 7.91. The van der Waals surface area contributed by atoms with Crippen LogP contribution >= 0.6 is 0 Å². The molecule has 0 rings (SSSR count). The zero-order chi connectivity index (χ0) is 15.1. The average Bonchev–Trinajstić information content (AvgIpc) is 2.39. The second kappa shape index (κ2) is 13.0. The molecule has 98 valence electrons. The van der Waals surface area contributed by atoms with Crippen LogP contribution in [0.1, 0.15) is 13.3 Å². The smallest absolute Gasteiger partial charge is 0.313 e. The molecule has 0 aliphatic heterocycles. The van der Waals surface area contributed by atoms with E-state index in [0.29, 0.717) is 0 Å². The summed E-state index contributed by atoms with van der Waals surface area (Å²) in [6.45, 7) is 1.71. The van der Waals surface area contributed by atoms with Crippen molar-refractivity contribution in [3.63, 3.8) is 0 Å². The van der Waals surface area contributed by atoms with Crippen LogP contribution in [-0.4, -0.2) is 30.2 Å². The number of hydrogen-bond acceptors (Lipinski definition) is 4. The SMILES string of the molecule is C#CC#CC#CC.COC(=O)C[C@H](N=[N+]=[N-])C(=O)O. The third-order valence-electron chi connectivity index (χ3n) is 1.39. The Morgan fingerprint density at radius 3 is 2.47 bits per heavy atom. The van der Waals surface area contributed by atoms with E-state index in [1.165, 1.54) is 0 Å². The van der Waals surface area contributed by atoms with Crippen molar-refractivity contribution < 1.29 is 19.4 Å². The Labute approximate surface area is 110 Å². The minimum absolute atomic E-state index is 0.449. The standard InChI is InChI=1S/C7H4.C5H7N3O4/c1-3-5-7-6-4-2;1-12-4(9)2-3(5(10)11)7-8-6/h1H,2H3;3H,2H2,1H3,(H,10,11)/t;3-/m.0/s1. The van der Waals surface area contributed by atoms with Gasteiger partial charge in [0.25, 0.3) is 0 Å². The van der Waals surface area contributed by atoms with Gasteiger partial charge in [0.1, 0.15) is 6.04 Å². The summed E-state index contributed by atoms with van der Waals surface area (Å²) in [4.78, 5) is 23.1. The fraction of sp³-hybridized carbons (Fsp3) is 0.333. The van der Waals surface area contributed by atoms with Gasteiger partial charge < -0.3 is 9.84 Å². The van der Waals surface area contributed by atoms with E-state index in [0.717, 1.165) is 7.11 Å². The van der Waals surface area contributed by atoms with Gasteiger partial charge in [-0.25, -0.2) is 0 Å². The number of azide groups is 1. The lowest BCUT2D eigenvalue weighted by atomic mass is 10.2. The highest BCUT2D eigenvalue weighted by Gasteiger charge is 2.19. The van der Waals surface area contributed by atoms with Crippen molar-refractivity contribution in [2.24, 2.45) is 5.11 Å². The summed E-state index contributed by atoms with van der Waals surface area (Å²) >= 11 is 0. The maximum atomic E-state index is 10.5. The van der Waals surface area contributed by atoms with Crippen molar-refractivity contribution in [2.75, 3.05) is 7.11 Å². The number of rotatable bonds is 4. The normalized spacial score (nSPS) is 8.26. The maximum absolute atomic E-state index is 10.5. The summed E-state index contributed by atoms with van der Waals surface area (Å²) in [6, 6.07) is -1.39. The van der Waals surface area contributed by atoms with Gasteiger partial charge in [0.05, 0.1) is 13.5 Å². The van der Waals surface area contributed by atoms with E-state index in [-0.39, 0.29) is 0 Å². The number of carbonyl (C=O) groups is 2. The van der Waals surface area contributed by atoms with Crippen LogP contribution < -0.4 is 0 Å². The van der Waals surface area contributed by atoms with Crippen molar-refractivity contribution in [3.8, 4) is 36.0 Å². The third kappa shape index (κ3) is 12.9. The summed E-state index contributed by atoms with van der Waals surface area (Å²) < 4.78 is 4.19. The van der Waals surface area contributed by atoms with Crippen LogP contribution in [0, 0.1) is 36.0 Å². The molecule has 0 heterocycles. The predicted octanol–water partition coefficient (Wildman–Crippen LogP) is 0.959. The summed E-state index contributed by atoms with van der Waals surface area (Å²) in [5.74, 6) is 9.93. The molecule has 0 aliphatic rings. The Morgan fingerprint density at radius 1 is 1.47 bits per heavy atom. The molecule has 0 spiro atoms. The van der Waals surface area contributed by atoms with Gasteiger partial charge >= 0.3 is 11.9 Å². The number of carboxylic acids is 1. The van der Waals surface area contributed by atoms with Gasteiger partial charge in [-0.3, -0.25) is 9.59 Å². The van der Waals surface area contributed by atoms with Crippen LogP contribution in [0.25, 0.3) is 10.4 Å². The molecule has 0 amide bonds. The highest BCUT2D eigenvalue weighted by Crippen LogP contribution is 2.00. The van der Waals surface area contributed by atoms with E-state index >= 15 is 0 Å². The predicted molar refractivity (Wildman–Crippen MR) is 67.3 cm³/mol. The van der Waals surface area contributed by atoms with Crippen LogP contribution in [-0.2, 0) is 14.3 Å². The molecule has 7 heteroatoms. The fourth-order valence-electron chi connectivity index (χ4n) is 0.611. The highest BCUT2D eigenvalue weighted by molar-refractivity contribution is 5.81. The number of aliphatic carboxylic acids is 1. The number of ether oxygens (including phenoxy) is 1. The number of esters is 1. The van der Waals surface area contributed by atoms with Gasteiger partial charge in [-0.05, 0) is 36.1 Å². The minimum Gasteiger partial charge on any atom is -0.481 e. The van der Waals surface area contributed by atoms with Crippen molar-refractivity contribution in [1.29, 1.82) is 0 Å². The van der Waals surface area contributed by atoms with E-state index in [4.69, 9.17) is 17.1 Å². The first kappa shape index (κ1) is 18.3. The van der Waals surface area contributed by atoms with Crippen molar-refractivity contribution >= 4 is 11.9 Å². The summed E-state index contributed by atoms with van der Waals surface area (Å²) in [7, 11) is 1.12. The molecule has 0 bridgehead atoms. The van der Waals surface area contributed by atoms with Gasteiger partial charge in [-0.1, -0.05) is 11.0 Å². The first-order valence-corrected chi connectivity index (χ1v) is 4.74. The molecule has 0 fully saturated rings. The lowest BCUT2D eigenvalue weighted by molar-refractivity contribution is -0.146. The van der Waals surface area contributed by atoms with Crippen molar-refractivity contribution in [3.05, 3.63) is 10.4 Å². The van der Waals surface area contributed by atoms with Crippen LogP contribution in [0.4, 0.5) is 0 Å². The Bertz CT molecular complexity index is 517. The van der Waals surface area contributed by atoms with Crippen LogP contribution in [0.3, 0.4) is 0 Å². The molecule has 7 nitrogen and oxygen atoms in total. The summed E-state index contributed by atoms with van der Waals surface area (Å²) in [5, 5.41) is 11.3. The molecular weight excluding hydrogens is 250 g/mol. The number of carboxylic acid groups (broad SMARTS) is 1. The molecule has 0 aliphatic carbocycles. The molecule has 0 aromatic rings. The highest BCUT2D eigenvalue weighted by atomic mass is 16.5. The number of terminal acetylenes is 1. The lowest BCUT2D eigenvalue weighted by Crippen LogP contribution is -2.21. The molecule has 19 heavy (non-hydrogen) atoms. The van der Waals surface area contributed by atoms with Crippen LogP contribution in [0.2, 0.25) is 0 Å². The molecular formula is C12H11N3O4. The van der Waals surface area contributed by atoms with E-state index in [1.54, 1.807) is 6.92 Å². The molecule has 0 saturated heterocycles. The van der Waals surface area contributed by atoms with E-state index < -0.39 is 24.4 Å². The molecule has 0 saturated carbocycles. The van der Waals surface area contributed by atoms with Crippen LogP contribution in [0.5, 0.6) is 0 Å². The van der Waals surface area contributed by atoms with Gasteiger partial charge in [0, 0.05) is 4.91 Å².